The highest BCUT2D eigenvalue weighted by Gasteiger charge is 2.28. The molecule has 0 unspecified atom stereocenters. The molecule has 0 aromatic carbocycles. The Balaban J connectivity index is 2.39. The maximum Gasteiger partial charge on any atom is 0.408 e. The molecule has 1 fully saturated rings. The summed E-state index contributed by atoms with van der Waals surface area (Å²) in [5, 5.41) is 5.81. The zero-order valence-electron chi connectivity index (χ0n) is 13.7. The summed E-state index contributed by atoms with van der Waals surface area (Å²) < 4.78 is 5.22. The quantitative estimate of drug-likeness (QED) is 0.837. The minimum atomic E-state index is -0.629. The SMILES string of the molecule is CC(C)(CC(=O)NC1CCSCC1)NC(=O)OC(C)(C)C. The number of ether oxygens (including phenoxy) is 1. The van der Waals surface area contributed by atoms with E-state index in [4.69, 9.17) is 4.74 Å². The van der Waals surface area contributed by atoms with Crippen molar-refractivity contribution in [1.82, 2.24) is 10.6 Å². The molecule has 0 aliphatic carbocycles. The molecule has 1 aliphatic rings. The largest absolute Gasteiger partial charge is 0.444 e. The smallest absolute Gasteiger partial charge is 0.408 e. The van der Waals surface area contributed by atoms with Crippen LogP contribution in [0.4, 0.5) is 4.79 Å². The van der Waals surface area contributed by atoms with Gasteiger partial charge in [-0.25, -0.2) is 4.79 Å². The van der Waals surface area contributed by atoms with E-state index in [2.05, 4.69) is 10.6 Å². The van der Waals surface area contributed by atoms with E-state index in [1.54, 1.807) is 0 Å². The van der Waals surface area contributed by atoms with E-state index in [9.17, 15) is 9.59 Å². The maximum absolute atomic E-state index is 12.1. The van der Waals surface area contributed by atoms with Gasteiger partial charge < -0.3 is 15.4 Å². The molecule has 2 amide bonds. The molecule has 0 atom stereocenters. The fourth-order valence-electron chi connectivity index (χ4n) is 2.15. The summed E-state index contributed by atoms with van der Waals surface area (Å²) in [4.78, 5) is 23.9. The van der Waals surface area contributed by atoms with Gasteiger partial charge in [0.2, 0.25) is 5.91 Å². The van der Waals surface area contributed by atoms with Crippen molar-refractivity contribution >= 4 is 23.8 Å². The van der Waals surface area contributed by atoms with Gasteiger partial charge in [-0.05, 0) is 59.0 Å². The molecule has 5 nitrogen and oxygen atoms in total. The molecule has 2 N–H and O–H groups in total. The molecule has 1 aliphatic heterocycles. The monoisotopic (exact) mass is 316 g/mol. The van der Waals surface area contributed by atoms with Gasteiger partial charge in [0.15, 0.2) is 0 Å². The highest BCUT2D eigenvalue weighted by Crippen LogP contribution is 2.18. The number of hydrogen-bond acceptors (Lipinski definition) is 4. The Hall–Kier alpha value is -0.910. The van der Waals surface area contributed by atoms with Crippen LogP contribution in [-0.4, -0.2) is 40.7 Å². The number of nitrogens with one attached hydrogen (secondary N) is 2. The van der Waals surface area contributed by atoms with Gasteiger partial charge in [0.1, 0.15) is 5.60 Å². The third kappa shape index (κ3) is 8.19. The standard InChI is InChI=1S/C15H28N2O3S/c1-14(2,3)20-13(19)17-15(4,5)10-12(18)16-11-6-8-21-9-7-11/h11H,6-10H2,1-5H3,(H,16,18)(H,17,19). The average molecular weight is 316 g/mol. The fourth-order valence-corrected chi connectivity index (χ4v) is 3.25. The fraction of sp³-hybridized carbons (Fsp3) is 0.867. The van der Waals surface area contributed by atoms with Crippen LogP contribution in [0.5, 0.6) is 0 Å². The number of rotatable bonds is 4. The van der Waals surface area contributed by atoms with E-state index >= 15 is 0 Å². The molecule has 0 bridgehead atoms. The van der Waals surface area contributed by atoms with Gasteiger partial charge >= 0.3 is 6.09 Å². The summed E-state index contributed by atoms with van der Waals surface area (Å²) in [6, 6.07) is 0.274. The predicted octanol–water partition coefficient (Wildman–Crippen LogP) is 2.69. The zero-order valence-corrected chi connectivity index (χ0v) is 14.6. The van der Waals surface area contributed by atoms with Gasteiger partial charge in [0, 0.05) is 18.0 Å². The highest BCUT2D eigenvalue weighted by atomic mass is 32.2. The third-order valence-electron chi connectivity index (χ3n) is 3.03. The van der Waals surface area contributed by atoms with Crippen molar-refractivity contribution in [3.8, 4) is 0 Å². The number of hydrogen-bond donors (Lipinski definition) is 2. The Morgan fingerprint density at radius 2 is 1.71 bits per heavy atom. The first-order valence-electron chi connectivity index (χ1n) is 7.46. The van der Waals surface area contributed by atoms with Crippen molar-refractivity contribution in [2.45, 2.75) is 71.1 Å². The second kappa shape index (κ2) is 7.38. The van der Waals surface area contributed by atoms with Crippen molar-refractivity contribution in [2.75, 3.05) is 11.5 Å². The molecule has 0 radical (unpaired) electrons. The van der Waals surface area contributed by atoms with Crippen LogP contribution in [0.15, 0.2) is 0 Å². The molecule has 1 heterocycles. The lowest BCUT2D eigenvalue weighted by Crippen LogP contribution is -2.49. The Bertz CT molecular complexity index is 372. The van der Waals surface area contributed by atoms with Crippen molar-refractivity contribution in [2.24, 2.45) is 0 Å². The van der Waals surface area contributed by atoms with Crippen LogP contribution >= 0.6 is 11.8 Å². The van der Waals surface area contributed by atoms with Crippen LogP contribution in [0.2, 0.25) is 0 Å². The second-order valence-corrected chi connectivity index (χ2v) is 8.37. The first kappa shape index (κ1) is 18.1. The molecule has 0 spiro atoms. The Labute approximate surface area is 132 Å². The van der Waals surface area contributed by atoms with Gasteiger partial charge in [-0.15, -0.1) is 0 Å². The van der Waals surface area contributed by atoms with Crippen molar-refractivity contribution in [3.05, 3.63) is 0 Å². The first-order chi connectivity index (χ1) is 9.57. The number of carbonyl (C=O) groups is 2. The molecule has 122 valence electrons. The number of alkyl carbamates (subject to hydrolysis) is 1. The van der Waals surface area contributed by atoms with Gasteiger partial charge in [0.25, 0.3) is 0 Å². The van der Waals surface area contributed by atoms with Crippen molar-refractivity contribution in [1.29, 1.82) is 0 Å². The van der Waals surface area contributed by atoms with E-state index in [1.165, 1.54) is 0 Å². The maximum atomic E-state index is 12.1. The number of thioether (sulfide) groups is 1. The van der Waals surface area contributed by atoms with Crippen LogP contribution in [0.1, 0.15) is 53.9 Å². The van der Waals surface area contributed by atoms with Crippen LogP contribution in [-0.2, 0) is 9.53 Å². The summed E-state index contributed by atoms with van der Waals surface area (Å²) in [6.45, 7) is 9.09. The van der Waals surface area contributed by atoms with Gasteiger partial charge in [-0.3, -0.25) is 4.79 Å². The van der Waals surface area contributed by atoms with Crippen LogP contribution in [0.3, 0.4) is 0 Å². The Morgan fingerprint density at radius 1 is 1.14 bits per heavy atom. The molecular weight excluding hydrogens is 288 g/mol. The van der Waals surface area contributed by atoms with Crippen LogP contribution < -0.4 is 10.6 Å². The summed E-state index contributed by atoms with van der Waals surface area (Å²) in [6.07, 6.45) is 1.80. The number of amides is 2. The minimum Gasteiger partial charge on any atom is -0.444 e. The molecule has 0 saturated carbocycles. The average Bonchev–Trinajstić information content (AvgIpc) is 2.24. The molecule has 21 heavy (non-hydrogen) atoms. The predicted molar refractivity (Wildman–Crippen MR) is 86.6 cm³/mol. The van der Waals surface area contributed by atoms with Crippen LogP contribution in [0, 0.1) is 0 Å². The zero-order chi connectivity index (χ0) is 16.1. The third-order valence-corrected chi connectivity index (χ3v) is 4.08. The Morgan fingerprint density at radius 3 is 2.24 bits per heavy atom. The van der Waals surface area contributed by atoms with E-state index < -0.39 is 17.2 Å². The summed E-state index contributed by atoms with van der Waals surface area (Å²) in [5.41, 5.74) is -1.17. The molecule has 1 saturated heterocycles. The normalized spacial score (nSPS) is 17.2. The van der Waals surface area contributed by atoms with E-state index in [-0.39, 0.29) is 18.4 Å². The summed E-state index contributed by atoms with van der Waals surface area (Å²) in [7, 11) is 0. The van der Waals surface area contributed by atoms with E-state index in [0.717, 1.165) is 24.3 Å². The van der Waals surface area contributed by atoms with Gasteiger partial charge in [-0.2, -0.15) is 11.8 Å². The van der Waals surface area contributed by atoms with Crippen molar-refractivity contribution in [3.63, 3.8) is 0 Å². The van der Waals surface area contributed by atoms with Crippen LogP contribution in [0.25, 0.3) is 0 Å². The lowest BCUT2D eigenvalue weighted by atomic mass is 10.00. The van der Waals surface area contributed by atoms with Gasteiger partial charge in [-0.1, -0.05) is 0 Å². The molecule has 1 rings (SSSR count). The second-order valence-electron chi connectivity index (χ2n) is 7.14. The lowest BCUT2D eigenvalue weighted by Gasteiger charge is -2.29. The first-order valence-corrected chi connectivity index (χ1v) is 8.61. The molecule has 0 aromatic rings. The lowest BCUT2D eigenvalue weighted by molar-refractivity contribution is -0.123. The van der Waals surface area contributed by atoms with E-state index in [0.29, 0.717) is 0 Å². The van der Waals surface area contributed by atoms with Gasteiger partial charge in [0.05, 0.1) is 0 Å². The summed E-state index contributed by atoms with van der Waals surface area (Å²) in [5.74, 6) is 2.18. The molecule has 0 aromatic heterocycles. The van der Waals surface area contributed by atoms with E-state index in [1.807, 2.05) is 46.4 Å². The number of carbonyl (C=O) groups excluding carboxylic acids is 2. The Kier molecular flexibility index (Phi) is 6.38. The molecule has 6 heteroatoms. The highest BCUT2D eigenvalue weighted by molar-refractivity contribution is 7.99. The summed E-state index contributed by atoms with van der Waals surface area (Å²) >= 11 is 1.93. The van der Waals surface area contributed by atoms with Crippen molar-refractivity contribution < 1.29 is 14.3 Å². The topological polar surface area (TPSA) is 67.4 Å². The molecular formula is C15H28N2O3S. The minimum absolute atomic E-state index is 0.0204.